The molecule has 0 aliphatic heterocycles. The second-order valence-corrected chi connectivity index (χ2v) is 5.88. The van der Waals surface area contributed by atoms with Gasteiger partial charge in [-0.3, -0.25) is 9.59 Å². The maximum absolute atomic E-state index is 12.7. The Hall–Kier alpha value is -2.11. The zero-order valence-corrected chi connectivity index (χ0v) is 14.2. The molecule has 1 aliphatic rings. The van der Waals surface area contributed by atoms with Gasteiger partial charge in [-0.25, -0.2) is 4.79 Å². The summed E-state index contributed by atoms with van der Waals surface area (Å²) in [4.78, 5) is 41.2. The molecular formula is C17H24N2O4. The minimum Gasteiger partial charge on any atom is -0.461 e. The molecule has 6 heteroatoms. The van der Waals surface area contributed by atoms with E-state index in [2.05, 4.69) is 4.98 Å². The molecular weight excluding hydrogens is 296 g/mol. The average Bonchev–Trinajstić information content (AvgIpc) is 3.29. The van der Waals surface area contributed by atoms with Crippen molar-refractivity contribution in [1.82, 2.24) is 9.88 Å². The Bertz CT molecular complexity index is 629. The number of hydrogen-bond acceptors (Lipinski definition) is 4. The molecule has 6 nitrogen and oxygen atoms in total. The van der Waals surface area contributed by atoms with E-state index in [1.807, 2.05) is 0 Å². The molecule has 0 spiro atoms. The fourth-order valence-corrected chi connectivity index (χ4v) is 2.82. The number of nitrogens with zero attached hydrogens (tertiary/aromatic N) is 1. The molecule has 1 amide bonds. The van der Waals surface area contributed by atoms with Crippen LogP contribution in [0.2, 0.25) is 0 Å². The third kappa shape index (κ3) is 3.63. The van der Waals surface area contributed by atoms with Gasteiger partial charge in [0, 0.05) is 23.7 Å². The molecule has 1 aromatic rings. The molecule has 0 unspecified atom stereocenters. The summed E-state index contributed by atoms with van der Waals surface area (Å²) in [5.74, 6) is -0.603. The summed E-state index contributed by atoms with van der Waals surface area (Å²) in [6.07, 6.45) is 2.30. The van der Waals surface area contributed by atoms with Gasteiger partial charge in [0.25, 0.3) is 0 Å². The number of ether oxygens (including phenoxy) is 1. The average molecular weight is 320 g/mol. The fraction of sp³-hybridized carbons (Fsp3) is 0.588. The summed E-state index contributed by atoms with van der Waals surface area (Å²) in [6.45, 7) is 7.37. The first-order valence-electron chi connectivity index (χ1n) is 8.09. The van der Waals surface area contributed by atoms with Crippen LogP contribution in [0.1, 0.15) is 65.2 Å². The lowest BCUT2D eigenvalue weighted by atomic mass is 10.0. The van der Waals surface area contributed by atoms with Crippen LogP contribution in [0.4, 0.5) is 0 Å². The third-order valence-corrected chi connectivity index (χ3v) is 4.12. The number of H-pyrrole nitrogens is 1. The molecule has 2 rings (SSSR count). The Balaban J connectivity index is 2.22. The van der Waals surface area contributed by atoms with E-state index in [1.165, 1.54) is 0 Å². The predicted octanol–water partition coefficient (Wildman–Crippen LogP) is 2.39. The van der Waals surface area contributed by atoms with Gasteiger partial charge in [-0.15, -0.1) is 0 Å². The van der Waals surface area contributed by atoms with Gasteiger partial charge in [0.05, 0.1) is 13.2 Å². The van der Waals surface area contributed by atoms with Crippen LogP contribution in [0, 0.1) is 13.8 Å². The first-order chi connectivity index (χ1) is 10.9. The standard InChI is InChI=1S/C17H24N2O4/c1-5-14(21)19(12-7-8-12)9-13(20)15-10(3)16(18-11(15)4)17(22)23-6-2/h12,18H,5-9H2,1-4H3. The highest BCUT2D eigenvalue weighted by Gasteiger charge is 2.34. The Morgan fingerprint density at radius 1 is 1.22 bits per heavy atom. The van der Waals surface area contributed by atoms with Crippen LogP contribution in [0.15, 0.2) is 0 Å². The fourth-order valence-electron chi connectivity index (χ4n) is 2.82. The van der Waals surface area contributed by atoms with Crippen LogP contribution in [0.3, 0.4) is 0 Å². The van der Waals surface area contributed by atoms with Gasteiger partial charge < -0.3 is 14.6 Å². The number of carbonyl (C=O) groups is 3. The normalized spacial score (nSPS) is 13.7. The van der Waals surface area contributed by atoms with Gasteiger partial charge in [-0.1, -0.05) is 6.92 Å². The van der Waals surface area contributed by atoms with Crippen molar-refractivity contribution in [2.24, 2.45) is 0 Å². The second kappa shape index (κ2) is 6.98. The van der Waals surface area contributed by atoms with Crippen molar-refractivity contribution < 1.29 is 19.1 Å². The summed E-state index contributed by atoms with van der Waals surface area (Å²) < 4.78 is 5.00. The first kappa shape index (κ1) is 17.2. The van der Waals surface area contributed by atoms with E-state index >= 15 is 0 Å². The predicted molar refractivity (Wildman–Crippen MR) is 85.6 cm³/mol. The van der Waals surface area contributed by atoms with Crippen molar-refractivity contribution in [1.29, 1.82) is 0 Å². The van der Waals surface area contributed by atoms with Crippen LogP contribution in [-0.2, 0) is 9.53 Å². The van der Waals surface area contributed by atoms with Crippen LogP contribution in [-0.4, -0.2) is 46.7 Å². The molecule has 0 saturated heterocycles. The number of esters is 1. The molecule has 1 heterocycles. The number of aromatic nitrogens is 1. The van der Waals surface area contributed by atoms with E-state index < -0.39 is 5.97 Å². The Morgan fingerprint density at radius 3 is 2.39 bits per heavy atom. The quantitative estimate of drug-likeness (QED) is 0.618. The number of aromatic amines is 1. The second-order valence-electron chi connectivity index (χ2n) is 5.88. The highest BCUT2D eigenvalue weighted by molar-refractivity contribution is 6.04. The first-order valence-corrected chi connectivity index (χ1v) is 8.09. The summed E-state index contributed by atoms with van der Waals surface area (Å²) >= 11 is 0. The molecule has 23 heavy (non-hydrogen) atoms. The van der Waals surface area contributed by atoms with Gasteiger partial charge in [0.15, 0.2) is 5.78 Å². The molecule has 1 aromatic heterocycles. The number of Topliss-reactive ketones (excluding diaryl/α,β-unsaturated/α-hetero) is 1. The van der Waals surface area contributed by atoms with Crippen LogP contribution in [0.5, 0.6) is 0 Å². The SMILES string of the molecule is CCOC(=O)c1[nH]c(C)c(C(=O)CN(C(=O)CC)C2CC2)c1C. The summed E-state index contributed by atoms with van der Waals surface area (Å²) in [6, 6.07) is 0.190. The van der Waals surface area contributed by atoms with Gasteiger partial charge in [-0.05, 0) is 39.2 Å². The Labute approximate surface area is 136 Å². The molecule has 0 radical (unpaired) electrons. The molecule has 126 valence electrons. The van der Waals surface area contributed by atoms with Crippen LogP contribution >= 0.6 is 0 Å². The topological polar surface area (TPSA) is 79.5 Å². The van der Waals surface area contributed by atoms with E-state index in [4.69, 9.17) is 4.74 Å². The van der Waals surface area contributed by atoms with Gasteiger partial charge in [0.2, 0.25) is 5.91 Å². The van der Waals surface area contributed by atoms with Crippen molar-refractivity contribution in [3.05, 3.63) is 22.5 Å². The molecule has 1 N–H and O–H groups in total. The van der Waals surface area contributed by atoms with E-state index in [1.54, 1.807) is 32.6 Å². The summed E-state index contributed by atoms with van der Waals surface area (Å²) in [5, 5.41) is 0. The van der Waals surface area contributed by atoms with Gasteiger partial charge in [0.1, 0.15) is 5.69 Å². The number of aryl methyl sites for hydroxylation is 1. The molecule has 1 fully saturated rings. The highest BCUT2D eigenvalue weighted by Crippen LogP contribution is 2.28. The third-order valence-electron chi connectivity index (χ3n) is 4.12. The van der Waals surface area contributed by atoms with E-state index in [-0.39, 0.29) is 30.9 Å². The minimum atomic E-state index is -0.462. The van der Waals surface area contributed by atoms with Crippen molar-refractivity contribution in [2.75, 3.05) is 13.2 Å². The lowest BCUT2D eigenvalue weighted by Crippen LogP contribution is -2.37. The number of nitrogens with one attached hydrogen (secondary N) is 1. The monoisotopic (exact) mass is 320 g/mol. The van der Waals surface area contributed by atoms with Crippen LogP contribution < -0.4 is 0 Å². The number of amides is 1. The van der Waals surface area contributed by atoms with Gasteiger partial charge >= 0.3 is 5.97 Å². The summed E-state index contributed by atoms with van der Waals surface area (Å²) in [7, 11) is 0. The highest BCUT2D eigenvalue weighted by atomic mass is 16.5. The lowest BCUT2D eigenvalue weighted by Gasteiger charge is -2.21. The van der Waals surface area contributed by atoms with Gasteiger partial charge in [-0.2, -0.15) is 0 Å². The smallest absolute Gasteiger partial charge is 0.355 e. The molecule has 1 aliphatic carbocycles. The largest absolute Gasteiger partial charge is 0.461 e. The molecule has 0 bridgehead atoms. The van der Waals surface area contributed by atoms with E-state index in [9.17, 15) is 14.4 Å². The van der Waals surface area contributed by atoms with Crippen LogP contribution in [0.25, 0.3) is 0 Å². The number of carbonyl (C=O) groups excluding carboxylic acids is 3. The summed E-state index contributed by atoms with van der Waals surface area (Å²) in [5.41, 5.74) is 2.02. The van der Waals surface area contributed by atoms with Crippen molar-refractivity contribution in [3.63, 3.8) is 0 Å². The van der Waals surface area contributed by atoms with Crippen molar-refractivity contribution >= 4 is 17.7 Å². The number of rotatable bonds is 7. The maximum Gasteiger partial charge on any atom is 0.355 e. The minimum absolute atomic E-state index is 0.00249. The van der Waals surface area contributed by atoms with Crippen molar-refractivity contribution in [2.45, 2.75) is 53.0 Å². The van der Waals surface area contributed by atoms with E-state index in [0.717, 1.165) is 12.8 Å². The molecule has 0 atom stereocenters. The number of hydrogen-bond donors (Lipinski definition) is 1. The maximum atomic E-state index is 12.7. The molecule has 1 saturated carbocycles. The van der Waals surface area contributed by atoms with Crippen molar-refractivity contribution in [3.8, 4) is 0 Å². The molecule has 0 aromatic carbocycles. The van der Waals surface area contributed by atoms with E-state index in [0.29, 0.717) is 28.9 Å². The Kier molecular flexibility index (Phi) is 5.23. The Morgan fingerprint density at radius 2 is 1.87 bits per heavy atom. The zero-order valence-electron chi connectivity index (χ0n) is 14.2. The lowest BCUT2D eigenvalue weighted by molar-refractivity contribution is -0.130. The zero-order chi connectivity index (χ0) is 17.1. The number of ketones is 1.